The van der Waals surface area contributed by atoms with E-state index in [1.165, 1.54) is 5.56 Å². The molecule has 2 bridgehead atoms. The number of ether oxygens (including phenoxy) is 1. The molecule has 3 heterocycles. The van der Waals surface area contributed by atoms with Gasteiger partial charge in [-0.2, -0.15) is 0 Å². The first kappa shape index (κ1) is 17.3. The zero-order valence-electron chi connectivity index (χ0n) is 15.3. The molecule has 3 saturated heterocycles. The zero-order chi connectivity index (χ0) is 18.1. The Morgan fingerprint density at radius 1 is 1.15 bits per heavy atom. The Morgan fingerprint density at radius 2 is 1.92 bits per heavy atom. The summed E-state index contributed by atoms with van der Waals surface area (Å²) in [5, 5.41) is 3.01. The second-order valence-corrected chi connectivity index (χ2v) is 7.66. The lowest BCUT2D eigenvalue weighted by molar-refractivity contribution is -0.137. The maximum absolute atomic E-state index is 12.7. The number of benzene rings is 1. The molecule has 3 atom stereocenters. The molecule has 0 aliphatic carbocycles. The van der Waals surface area contributed by atoms with Crippen molar-refractivity contribution in [2.75, 3.05) is 26.2 Å². The van der Waals surface area contributed by atoms with Gasteiger partial charge < -0.3 is 19.9 Å². The Bertz CT molecular complexity index is 687. The molecule has 3 aliphatic rings. The maximum atomic E-state index is 12.7. The van der Waals surface area contributed by atoms with E-state index >= 15 is 0 Å². The van der Waals surface area contributed by atoms with Gasteiger partial charge in [0.1, 0.15) is 0 Å². The Balaban J connectivity index is 1.34. The molecule has 1 aromatic rings. The minimum atomic E-state index is -0.161. The number of morpholine rings is 1. The van der Waals surface area contributed by atoms with Crippen LogP contribution in [0.5, 0.6) is 0 Å². The van der Waals surface area contributed by atoms with E-state index in [2.05, 4.69) is 5.32 Å². The van der Waals surface area contributed by atoms with Gasteiger partial charge in [0.25, 0.3) is 0 Å². The molecule has 6 heteroatoms. The minimum Gasteiger partial charge on any atom is -0.370 e. The molecular weight excluding hydrogens is 330 g/mol. The zero-order valence-corrected chi connectivity index (χ0v) is 15.3. The predicted octanol–water partition coefficient (Wildman–Crippen LogP) is 1.92. The van der Waals surface area contributed by atoms with Gasteiger partial charge in [-0.3, -0.25) is 4.79 Å². The van der Waals surface area contributed by atoms with Gasteiger partial charge in [-0.15, -0.1) is 0 Å². The lowest BCUT2D eigenvalue weighted by Crippen LogP contribution is -2.51. The molecule has 0 saturated carbocycles. The first-order valence-corrected chi connectivity index (χ1v) is 9.63. The monoisotopic (exact) mass is 357 g/mol. The summed E-state index contributed by atoms with van der Waals surface area (Å²) < 4.78 is 5.98. The summed E-state index contributed by atoms with van der Waals surface area (Å²) in [7, 11) is 0. The molecular formula is C20H27N3O3. The third-order valence-corrected chi connectivity index (χ3v) is 5.87. The summed E-state index contributed by atoms with van der Waals surface area (Å²) in [6, 6.07) is 7.99. The molecule has 140 valence electrons. The molecule has 0 aromatic heterocycles. The van der Waals surface area contributed by atoms with E-state index in [1.54, 1.807) is 0 Å². The van der Waals surface area contributed by atoms with Gasteiger partial charge in [0, 0.05) is 32.7 Å². The fourth-order valence-electron chi connectivity index (χ4n) is 4.35. The van der Waals surface area contributed by atoms with Gasteiger partial charge in [-0.1, -0.05) is 24.3 Å². The molecule has 3 aliphatic heterocycles. The number of aryl methyl sites for hydroxylation is 1. The largest absolute Gasteiger partial charge is 0.370 e. The van der Waals surface area contributed by atoms with Crippen molar-refractivity contribution in [2.24, 2.45) is 5.92 Å². The van der Waals surface area contributed by atoms with Crippen LogP contribution < -0.4 is 5.32 Å². The number of nitrogens with one attached hydrogen (secondary N) is 1. The van der Waals surface area contributed by atoms with E-state index in [0.29, 0.717) is 19.6 Å². The van der Waals surface area contributed by atoms with Gasteiger partial charge >= 0.3 is 6.03 Å². The van der Waals surface area contributed by atoms with E-state index in [9.17, 15) is 9.59 Å². The van der Waals surface area contributed by atoms with Crippen LogP contribution in [0, 0.1) is 12.8 Å². The number of hydrogen-bond donors (Lipinski definition) is 1. The van der Waals surface area contributed by atoms with Crippen LogP contribution in [0.2, 0.25) is 0 Å². The van der Waals surface area contributed by atoms with Crippen molar-refractivity contribution >= 4 is 11.9 Å². The highest BCUT2D eigenvalue weighted by molar-refractivity contribution is 5.81. The number of carbonyl (C=O) groups is 2. The SMILES string of the molecule is Cc1ccccc1CNC(=O)N1C[C@@H]2C[C@@H](C(=O)N3CCCC3)[C@H](C1)O2. The van der Waals surface area contributed by atoms with E-state index in [0.717, 1.165) is 37.9 Å². The third-order valence-electron chi connectivity index (χ3n) is 5.87. The molecule has 3 fully saturated rings. The first-order chi connectivity index (χ1) is 12.6. The van der Waals surface area contributed by atoms with E-state index in [-0.39, 0.29) is 30.1 Å². The summed E-state index contributed by atoms with van der Waals surface area (Å²) >= 11 is 0. The van der Waals surface area contributed by atoms with Crippen molar-refractivity contribution in [1.82, 2.24) is 15.1 Å². The van der Waals surface area contributed by atoms with Crippen LogP contribution in [0.4, 0.5) is 4.79 Å². The van der Waals surface area contributed by atoms with E-state index < -0.39 is 0 Å². The van der Waals surface area contributed by atoms with Crippen LogP contribution in [0.15, 0.2) is 24.3 Å². The van der Waals surface area contributed by atoms with Crippen LogP contribution in [-0.4, -0.2) is 60.1 Å². The number of carbonyl (C=O) groups excluding carboxylic acids is 2. The van der Waals surface area contributed by atoms with Crippen molar-refractivity contribution in [1.29, 1.82) is 0 Å². The van der Waals surface area contributed by atoms with Crippen molar-refractivity contribution in [3.8, 4) is 0 Å². The van der Waals surface area contributed by atoms with Gasteiger partial charge in [-0.25, -0.2) is 4.79 Å². The Morgan fingerprint density at radius 3 is 2.69 bits per heavy atom. The van der Waals surface area contributed by atoms with Crippen LogP contribution in [0.3, 0.4) is 0 Å². The number of fused-ring (bicyclic) bond motifs is 2. The van der Waals surface area contributed by atoms with Crippen LogP contribution >= 0.6 is 0 Å². The van der Waals surface area contributed by atoms with Crippen molar-refractivity contribution in [3.05, 3.63) is 35.4 Å². The quantitative estimate of drug-likeness (QED) is 0.899. The van der Waals surface area contributed by atoms with E-state index in [4.69, 9.17) is 4.74 Å². The second kappa shape index (κ2) is 7.27. The molecule has 6 nitrogen and oxygen atoms in total. The summed E-state index contributed by atoms with van der Waals surface area (Å²) in [6.07, 6.45) is 2.75. The molecule has 1 aromatic carbocycles. The maximum Gasteiger partial charge on any atom is 0.317 e. The average molecular weight is 357 g/mol. The van der Waals surface area contributed by atoms with Crippen LogP contribution in [-0.2, 0) is 16.1 Å². The normalized spacial score (nSPS) is 27.7. The highest BCUT2D eigenvalue weighted by Gasteiger charge is 2.47. The lowest BCUT2D eigenvalue weighted by atomic mass is 9.99. The number of likely N-dealkylation sites (tertiary alicyclic amines) is 2. The number of hydrogen-bond acceptors (Lipinski definition) is 3. The molecule has 26 heavy (non-hydrogen) atoms. The molecule has 1 N–H and O–H groups in total. The van der Waals surface area contributed by atoms with Gasteiger partial charge in [0.05, 0.1) is 18.1 Å². The van der Waals surface area contributed by atoms with Crippen LogP contribution in [0.1, 0.15) is 30.4 Å². The number of rotatable bonds is 3. The fraction of sp³-hybridized carbons (Fsp3) is 0.600. The summed E-state index contributed by atoms with van der Waals surface area (Å²) in [4.78, 5) is 29.1. The molecule has 0 spiro atoms. The lowest BCUT2D eigenvalue weighted by Gasteiger charge is -2.33. The van der Waals surface area contributed by atoms with Gasteiger partial charge in [0.2, 0.25) is 5.91 Å². The highest BCUT2D eigenvalue weighted by Crippen LogP contribution is 2.34. The molecule has 3 amide bonds. The standard InChI is InChI=1S/C20H27N3O3/c1-14-6-2-3-7-15(14)11-21-20(25)23-12-16-10-17(18(13-23)26-16)19(24)22-8-4-5-9-22/h2-3,6-7,16-18H,4-5,8-13H2,1H3,(H,21,25)/t16-,17+,18-/m0/s1. The first-order valence-electron chi connectivity index (χ1n) is 9.63. The van der Waals surface area contributed by atoms with Gasteiger partial charge in [-0.05, 0) is 37.3 Å². The van der Waals surface area contributed by atoms with Crippen molar-refractivity contribution in [2.45, 2.75) is 44.9 Å². The Kier molecular flexibility index (Phi) is 4.85. The molecule has 4 rings (SSSR count). The average Bonchev–Trinajstić information content (AvgIpc) is 3.28. The fourth-order valence-corrected chi connectivity index (χ4v) is 4.35. The van der Waals surface area contributed by atoms with Crippen molar-refractivity contribution in [3.63, 3.8) is 0 Å². The number of urea groups is 1. The Labute approximate surface area is 154 Å². The summed E-state index contributed by atoms with van der Waals surface area (Å²) in [5.41, 5.74) is 2.30. The third kappa shape index (κ3) is 3.43. The minimum absolute atomic E-state index is 0.0190. The second-order valence-electron chi connectivity index (χ2n) is 7.66. The van der Waals surface area contributed by atoms with Crippen LogP contribution in [0.25, 0.3) is 0 Å². The summed E-state index contributed by atoms with van der Waals surface area (Å²) in [6.45, 7) is 5.38. The molecule has 0 unspecified atom stereocenters. The number of nitrogens with zero attached hydrogens (tertiary/aromatic N) is 2. The smallest absolute Gasteiger partial charge is 0.317 e. The van der Waals surface area contributed by atoms with E-state index in [1.807, 2.05) is 41.0 Å². The molecule has 0 radical (unpaired) electrons. The van der Waals surface area contributed by atoms with Crippen molar-refractivity contribution < 1.29 is 14.3 Å². The summed E-state index contributed by atoms with van der Waals surface area (Å²) in [5.74, 6) is 0.129. The Hall–Kier alpha value is -2.08. The number of amides is 3. The highest BCUT2D eigenvalue weighted by atomic mass is 16.5. The topological polar surface area (TPSA) is 61.9 Å². The predicted molar refractivity (Wildman–Crippen MR) is 97.6 cm³/mol. The van der Waals surface area contributed by atoms with Gasteiger partial charge in [0.15, 0.2) is 0 Å².